The Morgan fingerprint density at radius 2 is 1.60 bits per heavy atom. The number of rotatable bonds is 2. The Morgan fingerprint density at radius 3 is 2.29 bits per heavy atom. The lowest BCUT2D eigenvalue weighted by molar-refractivity contribution is -0.130. The van der Waals surface area contributed by atoms with E-state index in [9.17, 15) is 14.4 Å². The molecule has 0 radical (unpaired) electrons. The fourth-order valence-electron chi connectivity index (χ4n) is 5.45. The number of amides is 3. The molecule has 2 N–H and O–H groups in total. The van der Waals surface area contributed by atoms with Gasteiger partial charge in [-0.3, -0.25) is 24.7 Å². The molecule has 0 bridgehead atoms. The average Bonchev–Trinajstić information content (AvgIpc) is 3.39. The molecule has 3 unspecified atom stereocenters. The molecule has 3 amide bonds. The van der Waals surface area contributed by atoms with Gasteiger partial charge in [-0.25, -0.2) is 4.90 Å². The number of pyridine rings is 1. The maximum Gasteiger partial charge on any atom is 0.250 e. The van der Waals surface area contributed by atoms with Crippen molar-refractivity contribution in [2.45, 2.75) is 11.6 Å². The third kappa shape index (κ3) is 3.16. The number of carbonyl (C=O) groups excluding carboxylic acids is 3. The summed E-state index contributed by atoms with van der Waals surface area (Å²) in [5.41, 5.74) is -0.106. The van der Waals surface area contributed by atoms with Gasteiger partial charge in [0.05, 0.1) is 40.0 Å². The molecule has 4 atom stereocenters. The predicted molar refractivity (Wildman–Crippen MR) is 133 cm³/mol. The van der Waals surface area contributed by atoms with E-state index in [1.54, 1.807) is 30.5 Å². The van der Waals surface area contributed by atoms with E-state index in [2.05, 4.69) is 15.6 Å². The van der Waals surface area contributed by atoms with Gasteiger partial charge in [0, 0.05) is 26.8 Å². The predicted octanol–water partition coefficient (Wildman–Crippen LogP) is 4.99. The fourth-order valence-corrected chi connectivity index (χ4v) is 6.50. The molecule has 0 saturated carbocycles. The highest BCUT2D eigenvalue weighted by molar-refractivity contribution is 6.38. The topological polar surface area (TPSA) is 91.4 Å². The van der Waals surface area contributed by atoms with Crippen LogP contribution in [-0.4, -0.2) is 22.7 Å². The number of halogens is 4. The summed E-state index contributed by atoms with van der Waals surface area (Å²) in [5, 5.41) is 7.12. The number of imide groups is 1. The lowest BCUT2D eigenvalue weighted by Crippen LogP contribution is -2.52. The molecule has 2 fully saturated rings. The van der Waals surface area contributed by atoms with Gasteiger partial charge in [0.2, 0.25) is 17.7 Å². The van der Waals surface area contributed by atoms with E-state index >= 15 is 0 Å². The van der Waals surface area contributed by atoms with Gasteiger partial charge >= 0.3 is 0 Å². The Bertz CT molecular complexity index is 1430. The molecule has 2 aromatic carbocycles. The van der Waals surface area contributed by atoms with Crippen LogP contribution in [0.4, 0.5) is 11.4 Å². The van der Waals surface area contributed by atoms with E-state index in [1.807, 2.05) is 0 Å². The summed E-state index contributed by atoms with van der Waals surface area (Å²) < 4.78 is 0. The zero-order chi connectivity index (χ0) is 24.6. The van der Waals surface area contributed by atoms with Crippen molar-refractivity contribution < 1.29 is 14.4 Å². The summed E-state index contributed by atoms with van der Waals surface area (Å²) in [6.45, 7) is 0. The summed E-state index contributed by atoms with van der Waals surface area (Å²) in [6, 6.07) is 12.1. The van der Waals surface area contributed by atoms with Crippen LogP contribution in [0.1, 0.15) is 17.3 Å². The normalized spacial score (nSPS) is 26.9. The lowest BCUT2D eigenvalue weighted by atomic mass is 9.76. The first kappa shape index (κ1) is 22.8. The number of benzene rings is 2. The first-order valence-electron chi connectivity index (χ1n) is 10.6. The second-order valence-corrected chi connectivity index (χ2v) is 10.3. The van der Waals surface area contributed by atoms with Crippen molar-refractivity contribution in [1.82, 2.24) is 10.3 Å². The molecule has 4 heterocycles. The van der Waals surface area contributed by atoms with E-state index in [4.69, 9.17) is 46.4 Å². The molecule has 1 aromatic heterocycles. The minimum atomic E-state index is -1.60. The molecule has 176 valence electrons. The van der Waals surface area contributed by atoms with Crippen molar-refractivity contribution in [3.63, 3.8) is 0 Å². The molecule has 3 aliphatic heterocycles. The molecule has 3 aliphatic rings. The number of carbonyl (C=O) groups is 3. The summed E-state index contributed by atoms with van der Waals surface area (Å²) >= 11 is 25.0. The SMILES string of the molecule is O=C1C2C(c3ccccn3)NC3(C(=O)Nc4c(Cl)cc(Cl)cc43)[C@@H]2C(=O)N1c1cc(Cl)cc(Cl)c1. The van der Waals surface area contributed by atoms with Crippen LogP contribution in [0.15, 0.2) is 54.7 Å². The van der Waals surface area contributed by atoms with Crippen molar-refractivity contribution in [3.05, 3.63) is 86.1 Å². The Hall–Kier alpha value is -2.68. The summed E-state index contributed by atoms with van der Waals surface area (Å²) in [5.74, 6) is -3.60. The third-order valence-corrected chi connectivity index (χ3v) is 7.70. The zero-order valence-electron chi connectivity index (χ0n) is 17.6. The van der Waals surface area contributed by atoms with Gasteiger partial charge in [0.1, 0.15) is 5.54 Å². The molecule has 35 heavy (non-hydrogen) atoms. The van der Waals surface area contributed by atoms with Crippen molar-refractivity contribution in [1.29, 1.82) is 0 Å². The summed E-state index contributed by atoms with van der Waals surface area (Å²) in [6.07, 6.45) is 1.59. The summed E-state index contributed by atoms with van der Waals surface area (Å²) in [4.78, 5) is 46.9. The van der Waals surface area contributed by atoms with Crippen LogP contribution in [0.3, 0.4) is 0 Å². The molecular formula is C24H14Cl4N4O3. The standard InChI is InChI=1S/C24H14Cl4N4O3/c25-10-5-11(26)7-13(6-10)32-21(33)17-18(22(32)34)24(31-20(17)16-3-1-2-4-29-16)14-8-12(27)9-15(28)19(14)30-23(24)35/h1-9,17-18,20,31H,(H,30,35)/t17?,18-,20?,24?/m0/s1. The van der Waals surface area contributed by atoms with Gasteiger partial charge in [0.25, 0.3) is 0 Å². The molecular weight excluding hydrogens is 534 g/mol. The highest BCUT2D eigenvalue weighted by atomic mass is 35.5. The maximum absolute atomic E-state index is 14.0. The fraction of sp³-hybridized carbons (Fsp3) is 0.167. The number of aromatic nitrogens is 1. The van der Waals surface area contributed by atoms with Crippen molar-refractivity contribution in [2.75, 3.05) is 10.2 Å². The second kappa shape index (κ2) is 7.91. The first-order valence-corrected chi connectivity index (χ1v) is 12.1. The highest BCUT2D eigenvalue weighted by Crippen LogP contribution is 2.58. The van der Waals surface area contributed by atoms with E-state index in [0.717, 1.165) is 4.90 Å². The summed E-state index contributed by atoms with van der Waals surface area (Å²) in [7, 11) is 0. The highest BCUT2D eigenvalue weighted by Gasteiger charge is 2.71. The third-order valence-electron chi connectivity index (χ3n) is 6.75. The van der Waals surface area contributed by atoms with Gasteiger partial charge in [-0.05, 0) is 42.5 Å². The van der Waals surface area contributed by atoms with Crippen LogP contribution < -0.4 is 15.5 Å². The van der Waals surface area contributed by atoms with E-state index in [1.165, 1.54) is 24.3 Å². The first-order chi connectivity index (χ1) is 16.7. The maximum atomic E-state index is 14.0. The Balaban J connectivity index is 1.58. The smallest absolute Gasteiger partial charge is 0.250 e. The second-order valence-electron chi connectivity index (χ2n) is 8.59. The molecule has 2 saturated heterocycles. The van der Waals surface area contributed by atoms with Crippen molar-refractivity contribution >= 4 is 75.5 Å². The minimum absolute atomic E-state index is 0.226. The van der Waals surface area contributed by atoms with E-state index in [-0.39, 0.29) is 20.8 Å². The molecule has 1 spiro atoms. The average molecular weight is 548 g/mol. The van der Waals surface area contributed by atoms with Crippen molar-refractivity contribution in [2.24, 2.45) is 11.8 Å². The number of fused-ring (bicyclic) bond motifs is 4. The number of anilines is 2. The number of nitrogens with one attached hydrogen (secondary N) is 2. The van der Waals surface area contributed by atoms with Gasteiger partial charge in [-0.2, -0.15) is 0 Å². The van der Waals surface area contributed by atoms with Crippen LogP contribution in [0.2, 0.25) is 20.1 Å². The quantitative estimate of drug-likeness (QED) is 0.441. The van der Waals surface area contributed by atoms with Gasteiger partial charge < -0.3 is 5.32 Å². The van der Waals surface area contributed by atoms with Crippen molar-refractivity contribution in [3.8, 4) is 0 Å². The molecule has 7 nitrogen and oxygen atoms in total. The monoisotopic (exact) mass is 546 g/mol. The van der Waals surface area contributed by atoms with Gasteiger partial charge in [-0.1, -0.05) is 52.5 Å². The van der Waals surface area contributed by atoms with Crippen LogP contribution in [0.25, 0.3) is 0 Å². The van der Waals surface area contributed by atoms with E-state index < -0.39 is 41.1 Å². The van der Waals surface area contributed by atoms with Gasteiger partial charge in [0.15, 0.2) is 0 Å². The number of nitrogens with zero attached hydrogens (tertiary/aromatic N) is 2. The van der Waals surface area contributed by atoms with Crippen LogP contribution in [0, 0.1) is 11.8 Å². The van der Waals surface area contributed by atoms with Crippen LogP contribution >= 0.6 is 46.4 Å². The van der Waals surface area contributed by atoms with Gasteiger partial charge in [-0.15, -0.1) is 0 Å². The van der Waals surface area contributed by atoms with Crippen LogP contribution in [-0.2, 0) is 19.9 Å². The number of hydrogen-bond acceptors (Lipinski definition) is 5. The van der Waals surface area contributed by atoms with Crippen LogP contribution in [0.5, 0.6) is 0 Å². The Morgan fingerprint density at radius 1 is 0.886 bits per heavy atom. The molecule has 3 aromatic rings. The Kier molecular flexibility index (Phi) is 5.15. The Labute approximate surface area is 219 Å². The molecule has 6 rings (SSSR count). The molecule has 11 heteroatoms. The minimum Gasteiger partial charge on any atom is -0.323 e. The lowest BCUT2D eigenvalue weighted by Gasteiger charge is -2.29. The largest absolute Gasteiger partial charge is 0.323 e. The molecule has 0 aliphatic carbocycles. The van der Waals surface area contributed by atoms with E-state index in [0.29, 0.717) is 22.0 Å². The zero-order valence-corrected chi connectivity index (χ0v) is 20.6. The number of hydrogen-bond donors (Lipinski definition) is 2.